The highest BCUT2D eigenvalue weighted by atomic mass is 16.5. The van der Waals surface area contributed by atoms with E-state index in [0.29, 0.717) is 5.41 Å². The van der Waals surface area contributed by atoms with Crippen LogP contribution in [0, 0.1) is 5.41 Å². The molecule has 3 aliphatic rings. The molecule has 122 valence electrons. The van der Waals surface area contributed by atoms with Crippen molar-refractivity contribution in [2.75, 3.05) is 32.8 Å². The van der Waals surface area contributed by atoms with Crippen LogP contribution in [0.5, 0.6) is 0 Å². The number of hydrogen-bond acceptors (Lipinski definition) is 3. The van der Waals surface area contributed by atoms with Crippen LogP contribution in [0.25, 0.3) is 0 Å². The van der Waals surface area contributed by atoms with E-state index in [1.807, 2.05) is 0 Å². The molecular formula is C18H34N2O. The zero-order valence-corrected chi connectivity index (χ0v) is 14.1. The van der Waals surface area contributed by atoms with Crippen LogP contribution in [0.4, 0.5) is 0 Å². The maximum atomic E-state index is 5.71. The van der Waals surface area contributed by atoms with Gasteiger partial charge in [0, 0.05) is 31.2 Å². The van der Waals surface area contributed by atoms with Gasteiger partial charge in [0.25, 0.3) is 0 Å². The molecule has 0 unspecified atom stereocenters. The average Bonchev–Trinajstić information content (AvgIpc) is 3.27. The summed E-state index contributed by atoms with van der Waals surface area (Å²) >= 11 is 0. The number of ether oxygens (including phenoxy) is 1. The molecule has 1 saturated heterocycles. The fourth-order valence-corrected chi connectivity index (χ4v) is 4.11. The summed E-state index contributed by atoms with van der Waals surface area (Å²) in [5, 5.41) is 3.85. The van der Waals surface area contributed by atoms with Crippen LogP contribution < -0.4 is 5.32 Å². The minimum Gasteiger partial charge on any atom is -0.378 e. The van der Waals surface area contributed by atoms with Crippen molar-refractivity contribution in [3.05, 3.63) is 0 Å². The zero-order valence-electron chi connectivity index (χ0n) is 14.1. The monoisotopic (exact) mass is 294 g/mol. The molecule has 0 aromatic rings. The highest BCUT2D eigenvalue weighted by Gasteiger charge is 2.39. The van der Waals surface area contributed by atoms with Crippen LogP contribution in [0.2, 0.25) is 0 Å². The minimum absolute atomic E-state index is 0.205. The van der Waals surface area contributed by atoms with Gasteiger partial charge in [0.1, 0.15) is 0 Å². The molecule has 3 fully saturated rings. The van der Waals surface area contributed by atoms with Gasteiger partial charge in [0.15, 0.2) is 0 Å². The van der Waals surface area contributed by atoms with Gasteiger partial charge in [-0.25, -0.2) is 0 Å². The molecule has 0 radical (unpaired) electrons. The summed E-state index contributed by atoms with van der Waals surface area (Å²) in [6, 6.07) is 0.836. The first-order valence-electron chi connectivity index (χ1n) is 9.16. The van der Waals surface area contributed by atoms with Gasteiger partial charge < -0.3 is 10.1 Å². The van der Waals surface area contributed by atoms with Crippen LogP contribution in [-0.4, -0.2) is 49.3 Å². The van der Waals surface area contributed by atoms with Crippen molar-refractivity contribution in [3.8, 4) is 0 Å². The highest BCUT2D eigenvalue weighted by molar-refractivity contribution is 4.94. The zero-order chi connectivity index (χ0) is 14.8. The van der Waals surface area contributed by atoms with Crippen molar-refractivity contribution >= 4 is 0 Å². The van der Waals surface area contributed by atoms with E-state index in [1.54, 1.807) is 0 Å². The molecule has 1 aliphatic heterocycles. The molecule has 0 amide bonds. The van der Waals surface area contributed by atoms with Crippen LogP contribution >= 0.6 is 0 Å². The predicted octanol–water partition coefficient (Wildman–Crippen LogP) is 3.19. The second-order valence-corrected chi connectivity index (χ2v) is 8.36. The largest absolute Gasteiger partial charge is 0.378 e. The SMILES string of the molecule is CC1(C)COCCN1CC1(CNC2CC2)CCCCCC1. The van der Waals surface area contributed by atoms with Crippen molar-refractivity contribution in [1.29, 1.82) is 0 Å². The lowest BCUT2D eigenvalue weighted by molar-refractivity contribution is -0.0701. The van der Waals surface area contributed by atoms with Crippen LogP contribution in [-0.2, 0) is 4.74 Å². The summed E-state index contributed by atoms with van der Waals surface area (Å²) in [5.74, 6) is 0. The molecular weight excluding hydrogens is 260 g/mol. The van der Waals surface area contributed by atoms with Gasteiger partial charge in [-0.05, 0) is 44.9 Å². The Balaban J connectivity index is 1.67. The van der Waals surface area contributed by atoms with Gasteiger partial charge in [0.2, 0.25) is 0 Å². The number of nitrogens with zero attached hydrogens (tertiary/aromatic N) is 1. The lowest BCUT2D eigenvalue weighted by Gasteiger charge is -2.47. The van der Waals surface area contributed by atoms with Crippen molar-refractivity contribution in [2.24, 2.45) is 5.41 Å². The second-order valence-electron chi connectivity index (χ2n) is 8.36. The van der Waals surface area contributed by atoms with Crippen LogP contribution in [0.15, 0.2) is 0 Å². The normalized spacial score (nSPS) is 30.0. The Bertz CT molecular complexity index is 330. The summed E-state index contributed by atoms with van der Waals surface area (Å²) in [7, 11) is 0. The topological polar surface area (TPSA) is 24.5 Å². The Labute approximate surface area is 130 Å². The van der Waals surface area contributed by atoms with Crippen molar-refractivity contribution in [3.63, 3.8) is 0 Å². The number of hydrogen-bond donors (Lipinski definition) is 1. The molecule has 21 heavy (non-hydrogen) atoms. The number of morpholine rings is 1. The lowest BCUT2D eigenvalue weighted by Crippen LogP contribution is -2.57. The van der Waals surface area contributed by atoms with Gasteiger partial charge in [0.05, 0.1) is 13.2 Å². The third-order valence-electron chi connectivity index (χ3n) is 5.85. The molecule has 0 bridgehead atoms. The first kappa shape index (κ1) is 15.8. The fourth-order valence-electron chi connectivity index (χ4n) is 4.11. The van der Waals surface area contributed by atoms with Crippen molar-refractivity contribution < 1.29 is 4.74 Å². The van der Waals surface area contributed by atoms with E-state index in [-0.39, 0.29) is 5.54 Å². The first-order chi connectivity index (χ1) is 10.1. The molecule has 0 aromatic carbocycles. The Kier molecular flexibility index (Phi) is 4.92. The lowest BCUT2D eigenvalue weighted by atomic mass is 9.78. The van der Waals surface area contributed by atoms with E-state index >= 15 is 0 Å². The minimum atomic E-state index is 0.205. The molecule has 3 rings (SSSR count). The maximum Gasteiger partial charge on any atom is 0.0645 e. The highest BCUT2D eigenvalue weighted by Crippen LogP contribution is 2.38. The van der Waals surface area contributed by atoms with Gasteiger partial charge in [-0.15, -0.1) is 0 Å². The third kappa shape index (κ3) is 4.20. The van der Waals surface area contributed by atoms with E-state index in [2.05, 4.69) is 24.1 Å². The third-order valence-corrected chi connectivity index (χ3v) is 5.85. The average molecular weight is 294 g/mol. The molecule has 1 N–H and O–H groups in total. The van der Waals surface area contributed by atoms with Gasteiger partial charge in [-0.2, -0.15) is 0 Å². The van der Waals surface area contributed by atoms with Gasteiger partial charge in [-0.1, -0.05) is 25.7 Å². The summed E-state index contributed by atoms with van der Waals surface area (Å²) in [6.45, 7) is 10.1. The van der Waals surface area contributed by atoms with Crippen LogP contribution in [0.3, 0.4) is 0 Å². The molecule has 2 aliphatic carbocycles. The summed E-state index contributed by atoms with van der Waals surface area (Å²) < 4.78 is 5.71. The molecule has 2 saturated carbocycles. The Morgan fingerprint density at radius 2 is 1.81 bits per heavy atom. The van der Waals surface area contributed by atoms with Crippen LogP contribution in [0.1, 0.15) is 65.2 Å². The van der Waals surface area contributed by atoms with E-state index in [9.17, 15) is 0 Å². The second kappa shape index (κ2) is 6.55. The molecule has 1 heterocycles. The summed E-state index contributed by atoms with van der Waals surface area (Å²) in [5.41, 5.74) is 0.713. The standard InChI is InChI=1S/C18H34N2O/c1-17(2)15-21-12-11-20(17)14-18(13-19-16-7-8-16)9-5-3-4-6-10-18/h16,19H,3-15H2,1-2H3. The van der Waals surface area contributed by atoms with E-state index in [1.165, 1.54) is 64.5 Å². The van der Waals surface area contributed by atoms with E-state index in [0.717, 1.165) is 25.8 Å². The first-order valence-corrected chi connectivity index (χ1v) is 9.16. The Hall–Kier alpha value is -0.120. The Morgan fingerprint density at radius 1 is 1.10 bits per heavy atom. The molecule has 0 aromatic heterocycles. The summed E-state index contributed by atoms with van der Waals surface area (Å²) in [6.07, 6.45) is 11.4. The number of rotatable bonds is 5. The van der Waals surface area contributed by atoms with E-state index in [4.69, 9.17) is 4.74 Å². The number of nitrogens with one attached hydrogen (secondary N) is 1. The fraction of sp³-hybridized carbons (Fsp3) is 1.00. The maximum absolute atomic E-state index is 5.71. The van der Waals surface area contributed by atoms with Gasteiger partial charge >= 0.3 is 0 Å². The van der Waals surface area contributed by atoms with Gasteiger partial charge in [-0.3, -0.25) is 4.90 Å². The summed E-state index contributed by atoms with van der Waals surface area (Å²) in [4.78, 5) is 2.72. The van der Waals surface area contributed by atoms with Crippen molar-refractivity contribution in [1.82, 2.24) is 10.2 Å². The molecule has 0 atom stereocenters. The molecule has 3 heteroatoms. The molecule has 0 spiro atoms. The molecule has 3 nitrogen and oxygen atoms in total. The quantitative estimate of drug-likeness (QED) is 0.788. The Morgan fingerprint density at radius 3 is 2.43 bits per heavy atom. The van der Waals surface area contributed by atoms with E-state index < -0.39 is 0 Å². The smallest absolute Gasteiger partial charge is 0.0645 e. The van der Waals surface area contributed by atoms with Crippen molar-refractivity contribution in [2.45, 2.75) is 76.8 Å². The predicted molar refractivity (Wildman–Crippen MR) is 87.6 cm³/mol.